The molecular formula is C24H24F2N4O. The third-order valence-corrected chi connectivity index (χ3v) is 5.73. The van der Waals surface area contributed by atoms with Crippen molar-refractivity contribution in [2.24, 2.45) is 11.7 Å². The number of halogens is 2. The van der Waals surface area contributed by atoms with Crippen molar-refractivity contribution in [3.05, 3.63) is 77.8 Å². The number of nitrogens with one attached hydrogen (secondary N) is 1. The minimum atomic E-state index is -0.700. The molecule has 31 heavy (non-hydrogen) atoms. The summed E-state index contributed by atoms with van der Waals surface area (Å²) >= 11 is 0. The fraction of sp³-hybridized carbons (Fsp3) is 0.292. The monoisotopic (exact) mass is 422 g/mol. The summed E-state index contributed by atoms with van der Waals surface area (Å²) in [5.74, 6) is -1.11. The molecule has 3 aromatic rings. The van der Waals surface area contributed by atoms with E-state index in [0.717, 1.165) is 30.9 Å². The summed E-state index contributed by atoms with van der Waals surface area (Å²) in [6.45, 7) is 2.18. The van der Waals surface area contributed by atoms with E-state index in [-0.39, 0.29) is 28.9 Å². The summed E-state index contributed by atoms with van der Waals surface area (Å²) < 4.78 is 28.5. The van der Waals surface area contributed by atoms with Crippen LogP contribution in [0.1, 0.15) is 48.2 Å². The van der Waals surface area contributed by atoms with Crippen molar-refractivity contribution in [3.8, 4) is 11.3 Å². The van der Waals surface area contributed by atoms with E-state index in [0.29, 0.717) is 11.6 Å². The average molecular weight is 422 g/mol. The van der Waals surface area contributed by atoms with E-state index >= 15 is 0 Å². The van der Waals surface area contributed by atoms with Crippen molar-refractivity contribution in [1.82, 2.24) is 9.97 Å². The van der Waals surface area contributed by atoms with Crippen LogP contribution in [0, 0.1) is 17.6 Å². The van der Waals surface area contributed by atoms with Crippen LogP contribution in [0.5, 0.6) is 0 Å². The molecule has 3 N–H and O–H groups in total. The van der Waals surface area contributed by atoms with E-state index in [9.17, 15) is 13.6 Å². The number of nitrogens with two attached hydrogens (primary N) is 1. The molecule has 1 aliphatic carbocycles. The van der Waals surface area contributed by atoms with Crippen LogP contribution < -0.4 is 11.1 Å². The Bertz CT molecular complexity index is 1090. The minimum absolute atomic E-state index is 0.00176. The maximum Gasteiger partial charge on any atom is 0.274 e. The maximum absolute atomic E-state index is 14.3. The fourth-order valence-corrected chi connectivity index (χ4v) is 4.37. The van der Waals surface area contributed by atoms with Crippen LogP contribution in [0.15, 0.2) is 54.9 Å². The van der Waals surface area contributed by atoms with Gasteiger partial charge in [0.25, 0.3) is 5.91 Å². The number of amides is 1. The Morgan fingerprint density at radius 2 is 1.87 bits per heavy atom. The van der Waals surface area contributed by atoms with E-state index < -0.39 is 17.5 Å². The van der Waals surface area contributed by atoms with E-state index in [1.807, 2.05) is 6.07 Å². The Balaban J connectivity index is 1.61. The summed E-state index contributed by atoms with van der Waals surface area (Å²) in [6.07, 6.45) is 6.10. The van der Waals surface area contributed by atoms with Gasteiger partial charge in [-0.15, -0.1) is 0 Å². The zero-order chi connectivity index (χ0) is 22.0. The maximum atomic E-state index is 14.3. The molecule has 0 bridgehead atoms. The molecule has 0 unspecified atom stereocenters. The highest BCUT2D eigenvalue weighted by Gasteiger charge is 2.27. The van der Waals surface area contributed by atoms with Crippen molar-refractivity contribution in [2.75, 3.05) is 5.32 Å². The number of aromatic nitrogens is 2. The van der Waals surface area contributed by atoms with Crippen molar-refractivity contribution in [1.29, 1.82) is 0 Å². The predicted molar refractivity (Wildman–Crippen MR) is 116 cm³/mol. The van der Waals surface area contributed by atoms with Gasteiger partial charge in [-0.2, -0.15) is 0 Å². The van der Waals surface area contributed by atoms with Crippen LogP contribution in [-0.4, -0.2) is 21.9 Å². The smallest absolute Gasteiger partial charge is 0.274 e. The van der Waals surface area contributed by atoms with Gasteiger partial charge >= 0.3 is 0 Å². The minimum Gasteiger partial charge on any atom is -0.328 e. The van der Waals surface area contributed by atoms with Crippen molar-refractivity contribution < 1.29 is 13.6 Å². The highest BCUT2D eigenvalue weighted by molar-refractivity contribution is 6.03. The number of hydrogen-bond donors (Lipinski definition) is 2. The molecule has 1 saturated carbocycles. The number of benzene rings is 1. The lowest BCUT2D eigenvalue weighted by atomic mass is 9.76. The van der Waals surface area contributed by atoms with Gasteiger partial charge in [-0.3, -0.25) is 9.78 Å². The van der Waals surface area contributed by atoms with Gasteiger partial charge in [0.2, 0.25) is 0 Å². The molecule has 2 aromatic heterocycles. The van der Waals surface area contributed by atoms with Gasteiger partial charge in [-0.1, -0.05) is 19.1 Å². The Kier molecular flexibility index (Phi) is 6.04. The van der Waals surface area contributed by atoms with Crippen molar-refractivity contribution >= 4 is 11.6 Å². The number of hydrogen-bond acceptors (Lipinski definition) is 4. The molecule has 1 amide bonds. The molecule has 1 fully saturated rings. The molecule has 4 rings (SSSR count). The Morgan fingerprint density at radius 1 is 1.06 bits per heavy atom. The zero-order valence-electron chi connectivity index (χ0n) is 17.2. The number of pyridine rings is 2. The van der Waals surface area contributed by atoms with Gasteiger partial charge < -0.3 is 11.1 Å². The Hall–Kier alpha value is -3.19. The summed E-state index contributed by atoms with van der Waals surface area (Å²) in [5.41, 5.74) is 7.56. The molecule has 0 aliphatic heterocycles. The summed E-state index contributed by atoms with van der Waals surface area (Å²) in [6, 6.07) is 10.2. The van der Waals surface area contributed by atoms with E-state index in [1.165, 1.54) is 24.3 Å². The first kappa shape index (κ1) is 21.1. The first-order valence-electron chi connectivity index (χ1n) is 10.3. The van der Waals surface area contributed by atoms with Crippen LogP contribution in [0.2, 0.25) is 0 Å². The third kappa shape index (κ3) is 4.61. The normalized spacial score (nSPS) is 21.0. The topological polar surface area (TPSA) is 80.9 Å². The molecule has 1 aliphatic rings. The van der Waals surface area contributed by atoms with Gasteiger partial charge in [0.1, 0.15) is 23.0 Å². The number of anilines is 1. The van der Waals surface area contributed by atoms with Crippen LogP contribution in [0.3, 0.4) is 0 Å². The number of carbonyl (C=O) groups excluding carboxylic acids is 1. The molecule has 160 valence electrons. The molecule has 0 saturated heterocycles. The highest BCUT2D eigenvalue weighted by atomic mass is 19.1. The second kappa shape index (κ2) is 8.89. The van der Waals surface area contributed by atoms with Gasteiger partial charge in [-0.25, -0.2) is 13.8 Å². The lowest BCUT2D eigenvalue weighted by molar-refractivity contribution is 0.102. The summed E-state index contributed by atoms with van der Waals surface area (Å²) in [5, 5.41) is 2.85. The quantitative estimate of drug-likeness (QED) is 0.626. The summed E-state index contributed by atoms with van der Waals surface area (Å²) in [4.78, 5) is 21.2. The van der Waals surface area contributed by atoms with E-state index in [2.05, 4.69) is 22.2 Å². The number of nitrogens with zero attached hydrogens (tertiary/aromatic N) is 2. The lowest BCUT2D eigenvalue weighted by Crippen LogP contribution is -2.31. The van der Waals surface area contributed by atoms with Gasteiger partial charge in [0.15, 0.2) is 0 Å². The standard InChI is InChI=1S/C24H24F2N4O/c1-14-10-15(12-16(27)11-14)17-8-9-28-13-22(17)30-24(31)21-7-6-20(26)23(29-21)18-4-2-3-5-19(18)25/h2-9,13-16H,10-12,27H2,1H3,(H,30,31)/t14-,15+,16+/m0/s1. The molecule has 0 radical (unpaired) electrons. The zero-order valence-corrected chi connectivity index (χ0v) is 17.2. The van der Waals surface area contributed by atoms with E-state index in [4.69, 9.17) is 5.73 Å². The first-order valence-corrected chi connectivity index (χ1v) is 10.3. The molecular weight excluding hydrogens is 398 g/mol. The Morgan fingerprint density at radius 3 is 2.65 bits per heavy atom. The highest BCUT2D eigenvalue weighted by Crippen LogP contribution is 2.38. The fourth-order valence-electron chi connectivity index (χ4n) is 4.37. The summed E-state index contributed by atoms with van der Waals surface area (Å²) in [7, 11) is 0. The molecule has 1 aromatic carbocycles. The average Bonchev–Trinajstić information content (AvgIpc) is 2.74. The van der Waals surface area contributed by atoms with Crippen LogP contribution >= 0.6 is 0 Å². The predicted octanol–water partition coefficient (Wildman–Crippen LogP) is 4.91. The number of rotatable bonds is 4. The van der Waals surface area contributed by atoms with Crippen LogP contribution in [-0.2, 0) is 0 Å². The lowest BCUT2D eigenvalue weighted by Gasteiger charge is -2.32. The SMILES string of the molecule is C[C@@H]1C[C@@H](N)C[C@H](c2ccncc2NC(=O)c2ccc(F)c(-c3ccccc3F)n2)C1. The first-order chi connectivity index (χ1) is 14.9. The largest absolute Gasteiger partial charge is 0.328 e. The van der Waals surface area contributed by atoms with E-state index in [1.54, 1.807) is 18.5 Å². The van der Waals surface area contributed by atoms with Gasteiger partial charge in [-0.05, 0) is 67.0 Å². The molecule has 7 heteroatoms. The van der Waals surface area contributed by atoms with Crippen molar-refractivity contribution in [2.45, 2.75) is 38.1 Å². The second-order valence-electron chi connectivity index (χ2n) is 8.19. The molecule has 0 spiro atoms. The van der Waals surface area contributed by atoms with Crippen LogP contribution in [0.4, 0.5) is 14.5 Å². The Labute approximate surface area is 179 Å². The molecule has 2 heterocycles. The molecule has 5 nitrogen and oxygen atoms in total. The van der Waals surface area contributed by atoms with Crippen molar-refractivity contribution in [3.63, 3.8) is 0 Å². The molecule has 3 atom stereocenters. The van der Waals surface area contributed by atoms with Crippen LogP contribution in [0.25, 0.3) is 11.3 Å². The second-order valence-corrected chi connectivity index (χ2v) is 8.19. The van der Waals surface area contributed by atoms with Gasteiger partial charge in [0.05, 0.1) is 11.9 Å². The third-order valence-electron chi connectivity index (χ3n) is 5.73. The van der Waals surface area contributed by atoms with Gasteiger partial charge in [0, 0.05) is 17.8 Å². The number of carbonyl (C=O) groups is 1.